The molecule has 0 radical (unpaired) electrons. The lowest BCUT2D eigenvalue weighted by Gasteiger charge is -2.27. The van der Waals surface area contributed by atoms with Crippen LogP contribution in [0, 0.1) is 6.92 Å². The summed E-state index contributed by atoms with van der Waals surface area (Å²) in [6.07, 6.45) is 0.785. The Balaban J connectivity index is 1.37. The third kappa shape index (κ3) is 4.54. The van der Waals surface area contributed by atoms with E-state index in [1.807, 2.05) is 59.1 Å². The van der Waals surface area contributed by atoms with Crippen LogP contribution < -0.4 is 4.74 Å². The molecular weight excluding hydrogens is 378 g/mol. The van der Waals surface area contributed by atoms with Crippen molar-refractivity contribution in [2.45, 2.75) is 33.1 Å². The molecule has 4 rings (SSSR count). The van der Waals surface area contributed by atoms with E-state index in [-0.39, 0.29) is 12.5 Å². The van der Waals surface area contributed by atoms with Gasteiger partial charge in [0.05, 0.1) is 18.9 Å². The Morgan fingerprint density at radius 2 is 1.83 bits per heavy atom. The van der Waals surface area contributed by atoms with Gasteiger partial charge in [-0.25, -0.2) is 0 Å². The summed E-state index contributed by atoms with van der Waals surface area (Å²) in [5, 5.41) is 4.66. The van der Waals surface area contributed by atoms with Crippen LogP contribution in [0.25, 0.3) is 0 Å². The number of carbonyl (C=O) groups is 1. The number of benzene rings is 2. The highest BCUT2D eigenvalue weighted by atomic mass is 16.5. The van der Waals surface area contributed by atoms with Gasteiger partial charge in [0.25, 0.3) is 5.91 Å². The van der Waals surface area contributed by atoms with Gasteiger partial charge < -0.3 is 14.4 Å². The molecule has 0 bridgehead atoms. The lowest BCUT2D eigenvalue weighted by atomic mass is 10.1. The summed E-state index contributed by atoms with van der Waals surface area (Å²) in [6, 6.07) is 17.6. The second kappa shape index (κ2) is 9.13. The van der Waals surface area contributed by atoms with Crippen molar-refractivity contribution in [2.24, 2.45) is 7.05 Å². The molecule has 0 N–H and O–H groups in total. The summed E-state index contributed by atoms with van der Waals surface area (Å²) in [6.45, 7) is 4.32. The normalized spacial score (nSPS) is 13.2. The first-order chi connectivity index (χ1) is 14.6. The SMILES string of the molecule is Cc1ccccc1COCc1nn(C)c2c1CN(C(=O)COc1ccccc1)CC2. The summed E-state index contributed by atoms with van der Waals surface area (Å²) in [4.78, 5) is 14.5. The van der Waals surface area contributed by atoms with Gasteiger partial charge in [-0.2, -0.15) is 5.10 Å². The molecule has 2 aromatic carbocycles. The molecule has 0 saturated heterocycles. The van der Waals surface area contributed by atoms with Gasteiger partial charge in [0, 0.05) is 37.8 Å². The first-order valence-corrected chi connectivity index (χ1v) is 10.2. The lowest BCUT2D eigenvalue weighted by molar-refractivity contribution is -0.134. The average molecular weight is 405 g/mol. The van der Waals surface area contributed by atoms with Crippen LogP contribution in [0.2, 0.25) is 0 Å². The Kier molecular flexibility index (Phi) is 6.14. The predicted molar refractivity (Wildman–Crippen MR) is 114 cm³/mol. The van der Waals surface area contributed by atoms with E-state index in [0.29, 0.717) is 32.1 Å². The lowest BCUT2D eigenvalue weighted by Crippen LogP contribution is -2.39. The first-order valence-electron chi connectivity index (χ1n) is 10.2. The number of fused-ring (bicyclic) bond motifs is 1. The fraction of sp³-hybridized carbons (Fsp3) is 0.333. The van der Waals surface area contributed by atoms with E-state index >= 15 is 0 Å². The monoisotopic (exact) mass is 405 g/mol. The first kappa shape index (κ1) is 20.2. The van der Waals surface area contributed by atoms with E-state index in [1.54, 1.807) is 0 Å². The Labute approximate surface area is 177 Å². The number of ether oxygens (including phenoxy) is 2. The maximum Gasteiger partial charge on any atom is 0.260 e. The molecule has 156 valence electrons. The van der Waals surface area contributed by atoms with Crippen LogP contribution >= 0.6 is 0 Å². The number of carbonyl (C=O) groups excluding carboxylic acids is 1. The molecule has 1 aliphatic heterocycles. The number of hydrogen-bond donors (Lipinski definition) is 0. The molecule has 3 aromatic rings. The average Bonchev–Trinajstić information content (AvgIpc) is 3.09. The fourth-order valence-electron chi connectivity index (χ4n) is 3.78. The highest BCUT2D eigenvalue weighted by molar-refractivity contribution is 5.78. The highest BCUT2D eigenvalue weighted by Gasteiger charge is 2.26. The number of nitrogens with zero attached hydrogens (tertiary/aromatic N) is 3. The Morgan fingerprint density at radius 3 is 2.63 bits per heavy atom. The number of amides is 1. The maximum atomic E-state index is 12.7. The van der Waals surface area contributed by atoms with Crippen LogP contribution in [0.15, 0.2) is 54.6 Å². The Hall–Kier alpha value is -3.12. The Bertz CT molecular complexity index is 1010. The van der Waals surface area contributed by atoms with E-state index in [1.165, 1.54) is 16.8 Å². The van der Waals surface area contributed by atoms with Crippen LogP contribution in [0.4, 0.5) is 0 Å². The molecule has 6 nitrogen and oxygen atoms in total. The van der Waals surface area contributed by atoms with Crippen molar-refractivity contribution >= 4 is 5.91 Å². The zero-order valence-electron chi connectivity index (χ0n) is 17.5. The summed E-state index contributed by atoms with van der Waals surface area (Å²) in [5.41, 5.74) is 5.58. The fourth-order valence-corrected chi connectivity index (χ4v) is 3.78. The topological polar surface area (TPSA) is 56.6 Å². The van der Waals surface area contributed by atoms with Gasteiger partial charge in [-0.1, -0.05) is 42.5 Å². The van der Waals surface area contributed by atoms with E-state index in [4.69, 9.17) is 9.47 Å². The van der Waals surface area contributed by atoms with Gasteiger partial charge in [-0.05, 0) is 30.2 Å². The highest BCUT2D eigenvalue weighted by Crippen LogP contribution is 2.23. The van der Waals surface area contributed by atoms with Gasteiger partial charge >= 0.3 is 0 Å². The molecular formula is C24H27N3O3. The number of aromatic nitrogens is 2. The summed E-state index contributed by atoms with van der Waals surface area (Å²) in [7, 11) is 1.96. The molecule has 0 saturated carbocycles. The number of rotatable bonds is 7. The van der Waals surface area contributed by atoms with E-state index in [9.17, 15) is 4.79 Å². The molecule has 1 aliphatic rings. The van der Waals surface area contributed by atoms with Gasteiger partial charge in [0.2, 0.25) is 0 Å². The van der Waals surface area contributed by atoms with Crippen molar-refractivity contribution in [3.63, 3.8) is 0 Å². The van der Waals surface area contributed by atoms with Crippen molar-refractivity contribution in [3.8, 4) is 5.75 Å². The summed E-state index contributed by atoms with van der Waals surface area (Å²) >= 11 is 0. The molecule has 1 aromatic heterocycles. The molecule has 1 amide bonds. The van der Waals surface area contributed by atoms with E-state index < -0.39 is 0 Å². The zero-order chi connectivity index (χ0) is 20.9. The minimum absolute atomic E-state index is 0.0138. The summed E-state index contributed by atoms with van der Waals surface area (Å²) in [5.74, 6) is 0.690. The van der Waals surface area contributed by atoms with Crippen molar-refractivity contribution in [3.05, 3.63) is 82.7 Å². The molecule has 0 spiro atoms. The van der Waals surface area contributed by atoms with Crippen molar-refractivity contribution < 1.29 is 14.3 Å². The smallest absolute Gasteiger partial charge is 0.260 e. The number of aryl methyl sites for hydroxylation is 2. The van der Waals surface area contributed by atoms with E-state index in [0.717, 1.165) is 17.7 Å². The van der Waals surface area contributed by atoms with Crippen LogP contribution in [0.5, 0.6) is 5.75 Å². The van der Waals surface area contributed by atoms with Crippen LogP contribution in [0.1, 0.15) is 28.1 Å². The number of para-hydroxylation sites is 1. The Morgan fingerprint density at radius 1 is 1.07 bits per heavy atom. The standard InChI is InChI=1S/C24H27N3O3/c1-18-8-6-7-9-19(18)15-29-16-22-21-14-27(13-12-23(21)26(2)25-22)24(28)17-30-20-10-4-3-5-11-20/h3-11H,12-17H2,1-2H3. The molecule has 0 unspecified atom stereocenters. The van der Waals surface area contributed by atoms with Crippen LogP contribution in [-0.4, -0.2) is 33.7 Å². The molecule has 6 heteroatoms. The third-order valence-corrected chi connectivity index (χ3v) is 5.54. The predicted octanol–water partition coefficient (Wildman–Crippen LogP) is 3.41. The molecule has 30 heavy (non-hydrogen) atoms. The largest absolute Gasteiger partial charge is 0.484 e. The minimum Gasteiger partial charge on any atom is -0.484 e. The molecule has 2 heterocycles. The number of hydrogen-bond acceptors (Lipinski definition) is 4. The van der Waals surface area contributed by atoms with Crippen molar-refractivity contribution in [1.82, 2.24) is 14.7 Å². The molecule has 0 aliphatic carbocycles. The van der Waals surface area contributed by atoms with Crippen molar-refractivity contribution in [1.29, 1.82) is 0 Å². The zero-order valence-corrected chi connectivity index (χ0v) is 17.5. The second-order valence-electron chi connectivity index (χ2n) is 7.58. The van der Waals surface area contributed by atoms with Crippen molar-refractivity contribution in [2.75, 3.05) is 13.2 Å². The minimum atomic E-state index is -0.0138. The van der Waals surface area contributed by atoms with Crippen LogP contribution in [0.3, 0.4) is 0 Å². The molecule has 0 atom stereocenters. The van der Waals surface area contributed by atoms with Gasteiger partial charge in [0.1, 0.15) is 5.75 Å². The van der Waals surface area contributed by atoms with E-state index in [2.05, 4.69) is 24.2 Å². The second-order valence-corrected chi connectivity index (χ2v) is 7.58. The van der Waals surface area contributed by atoms with Gasteiger partial charge in [-0.3, -0.25) is 9.48 Å². The van der Waals surface area contributed by atoms with Gasteiger partial charge in [0.15, 0.2) is 6.61 Å². The van der Waals surface area contributed by atoms with Gasteiger partial charge in [-0.15, -0.1) is 0 Å². The van der Waals surface area contributed by atoms with Crippen LogP contribution in [-0.2, 0) is 42.8 Å². The molecule has 0 fully saturated rings. The summed E-state index contributed by atoms with van der Waals surface area (Å²) < 4.78 is 13.5. The maximum absolute atomic E-state index is 12.7. The quantitative estimate of drug-likeness (QED) is 0.605. The third-order valence-electron chi connectivity index (χ3n) is 5.54.